The monoisotopic (exact) mass is 726 g/mol. The Kier molecular flexibility index (Phi) is 8.65. The van der Waals surface area contributed by atoms with Crippen LogP contribution in [-0.2, 0) is 19.9 Å². The van der Waals surface area contributed by atoms with Crippen molar-refractivity contribution in [3.63, 3.8) is 0 Å². The maximum absolute atomic E-state index is 13.4. The van der Waals surface area contributed by atoms with Crippen LogP contribution in [0.25, 0.3) is 16.0 Å². The summed E-state index contributed by atoms with van der Waals surface area (Å²) in [6.45, 7) is 18.2. The van der Waals surface area contributed by atoms with E-state index < -0.39 is 35.3 Å². The maximum atomic E-state index is 13.4. The van der Waals surface area contributed by atoms with E-state index in [-0.39, 0.29) is 29.5 Å². The molecule has 1 N–H and O–H groups in total. The fourth-order valence-corrected chi connectivity index (χ4v) is 8.11. The van der Waals surface area contributed by atoms with Gasteiger partial charge in [0, 0.05) is 73.7 Å². The van der Waals surface area contributed by atoms with Gasteiger partial charge in [-0.2, -0.15) is 0 Å². The fourth-order valence-electron chi connectivity index (χ4n) is 8.11. The number of rotatable bonds is 11. The number of nitrogens with one attached hydrogen (secondary N) is 1. The van der Waals surface area contributed by atoms with Crippen molar-refractivity contribution >= 4 is 40.7 Å². The van der Waals surface area contributed by atoms with Crippen LogP contribution in [0.1, 0.15) is 82.3 Å². The largest absolute Gasteiger partial charge is 0.372 e. The molecule has 12 heteroatoms. The molecule has 54 heavy (non-hydrogen) atoms. The summed E-state index contributed by atoms with van der Waals surface area (Å²) >= 11 is 0. The predicted octanol–water partition coefficient (Wildman–Crippen LogP) is 6.40. The van der Waals surface area contributed by atoms with Crippen molar-refractivity contribution < 1.29 is 28.4 Å². The second-order valence-corrected chi connectivity index (χ2v) is 15.2. The maximum Gasteiger partial charge on any atom is 0.262 e. The molecular weight excluding hydrogens is 684 g/mol. The molecule has 276 valence electrons. The quantitative estimate of drug-likeness (QED) is 0.106. The molecule has 12 nitrogen and oxygen atoms in total. The van der Waals surface area contributed by atoms with E-state index in [4.69, 9.17) is 15.8 Å². The van der Waals surface area contributed by atoms with Crippen molar-refractivity contribution in [3.8, 4) is 11.1 Å². The molecular formula is C42H42N6O6. The Balaban J connectivity index is 0.939. The van der Waals surface area contributed by atoms with Gasteiger partial charge in [-0.25, -0.2) is 6.57 Å². The van der Waals surface area contributed by atoms with Gasteiger partial charge in [0.1, 0.15) is 17.4 Å². The van der Waals surface area contributed by atoms with Crippen molar-refractivity contribution in [3.05, 3.63) is 106 Å². The number of anilines is 3. The molecule has 0 radical (unpaired) electrons. The van der Waals surface area contributed by atoms with Crippen molar-refractivity contribution in [1.29, 1.82) is 0 Å². The van der Waals surface area contributed by atoms with E-state index in [1.807, 2.05) is 19.9 Å². The van der Waals surface area contributed by atoms with Gasteiger partial charge in [-0.05, 0) is 100 Å². The van der Waals surface area contributed by atoms with Gasteiger partial charge in [0.05, 0.1) is 16.8 Å². The first-order valence-corrected chi connectivity index (χ1v) is 18.5. The number of aromatic nitrogens is 1. The topological polar surface area (TPSA) is 130 Å². The zero-order chi connectivity index (χ0) is 37.9. The molecule has 1 atom stereocenters. The molecule has 4 aliphatic rings. The third-order valence-electron chi connectivity index (χ3n) is 11.3. The second kappa shape index (κ2) is 13.2. The molecule has 4 aromatic rings. The number of amides is 4. The Morgan fingerprint density at radius 2 is 1.72 bits per heavy atom. The third kappa shape index (κ3) is 6.12. The lowest BCUT2D eigenvalue weighted by molar-refractivity contribution is -0.136. The zero-order valence-corrected chi connectivity index (χ0v) is 30.9. The number of hydrogen-bond acceptors (Lipinski definition) is 9. The summed E-state index contributed by atoms with van der Waals surface area (Å²) in [6.07, 6.45) is 2.75. The average Bonchev–Trinajstić information content (AvgIpc) is 3.83. The summed E-state index contributed by atoms with van der Waals surface area (Å²) in [5.74, 6) is -1.28. The SMILES string of the molecule is [C-]#[N+]C1(c2ccc(N(CCCOC3(C)CN(c4ccc5c(c4)C(=O)N(C4CCC(=O)NC4=O)C5=O)C3)c3cc(-c4c(C)noc4C)ccc3C)cc2)CC1. The lowest BCUT2D eigenvalue weighted by Gasteiger charge is -2.49. The van der Waals surface area contributed by atoms with Crippen molar-refractivity contribution in [2.45, 2.75) is 77.0 Å². The first-order valence-electron chi connectivity index (χ1n) is 18.5. The summed E-state index contributed by atoms with van der Waals surface area (Å²) in [5.41, 5.74) is 7.76. The van der Waals surface area contributed by atoms with Crippen molar-refractivity contribution in [2.75, 3.05) is 36.0 Å². The molecule has 3 fully saturated rings. The third-order valence-corrected chi connectivity index (χ3v) is 11.3. The zero-order valence-electron chi connectivity index (χ0n) is 30.9. The molecule has 8 rings (SSSR count). The number of nitrogens with zero attached hydrogens (tertiary/aromatic N) is 5. The minimum atomic E-state index is -0.996. The predicted molar refractivity (Wildman–Crippen MR) is 201 cm³/mol. The Bertz CT molecular complexity index is 2220. The highest BCUT2D eigenvalue weighted by Crippen LogP contribution is 2.50. The molecule has 1 aliphatic carbocycles. The highest BCUT2D eigenvalue weighted by molar-refractivity contribution is 6.23. The number of aryl methyl sites for hydroxylation is 3. The van der Waals surface area contributed by atoms with Gasteiger partial charge < -0.3 is 23.9 Å². The van der Waals surface area contributed by atoms with Gasteiger partial charge in [0.25, 0.3) is 17.4 Å². The number of ether oxygens (including phenoxy) is 1. The summed E-state index contributed by atoms with van der Waals surface area (Å²) in [6, 6.07) is 19.0. The van der Waals surface area contributed by atoms with Gasteiger partial charge in [-0.1, -0.05) is 17.3 Å². The molecule has 1 saturated carbocycles. The lowest BCUT2D eigenvalue weighted by Crippen LogP contribution is -2.61. The molecule has 1 aromatic heterocycles. The Hall–Kier alpha value is -5.80. The molecule has 0 bridgehead atoms. The average molecular weight is 727 g/mol. The van der Waals surface area contributed by atoms with Crippen LogP contribution in [0.2, 0.25) is 0 Å². The summed E-state index contributed by atoms with van der Waals surface area (Å²) in [5, 5.41) is 6.41. The van der Waals surface area contributed by atoms with E-state index in [1.165, 1.54) is 0 Å². The number of benzene rings is 3. The van der Waals surface area contributed by atoms with Crippen molar-refractivity contribution in [2.24, 2.45) is 0 Å². The van der Waals surface area contributed by atoms with Crippen LogP contribution in [-0.4, -0.2) is 71.6 Å². The van der Waals surface area contributed by atoms with E-state index in [0.717, 1.165) is 74.9 Å². The molecule has 2 saturated heterocycles. The number of carbonyl (C=O) groups is 4. The molecule has 4 amide bonds. The number of piperidine rings is 1. The van der Waals surface area contributed by atoms with Crippen LogP contribution >= 0.6 is 0 Å². The van der Waals surface area contributed by atoms with E-state index in [0.29, 0.717) is 26.2 Å². The number of carbonyl (C=O) groups excluding carboxylic acids is 4. The molecule has 4 heterocycles. The Morgan fingerprint density at radius 1 is 0.981 bits per heavy atom. The lowest BCUT2D eigenvalue weighted by atomic mass is 9.94. The van der Waals surface area contributed by atoms with E-state index in [2.05, 4.69) is 81.4 Å². The Labute approximate surface area is 313 Å². The van der Waals surface area contributed by atoms with Crippen LogP contribution in [0.3, 0.4) is 0 Å². The van der Waals surface area contributed by atoms with Crippen molar-refractivity contribution in [1.82, 2.24) is 15.4 Å². The van der Waals surface area contributed by atoms with E-state index in [9.17, 15) is 19.2 Å². The first-order chi connectivity index (χ1) is 25.9. The summed E-state index contributed by atoms with van der Waals surface area (Å²) < 4.78 is 12.0. The number of hydrogen-bond donors (Lipinski definition) is 1. The second-order valence-electron chi connectivity index (χ2n) is 15.2. The van der Waals surface area contributed by atoms with Crippen LogP contribution in [0.5, 0.6) is 0 Å². The number of fused-ring (bicyclic) bond motifs is 1. The van der Waals surface area contributed by atoms with Gasteiger partial charge in [0.15, 0.2) is 0 Å². The first kappa shape index (κ1) is 35.2. The number of imide groups is 2. The molecule has 1 unspecified atom stereocenters. The van der Waals surface area contributed by atoms with E-state index in [1.54, 1.807) is 12.1 Å². The van der Waals surface area contributed by atoms with Gasteiger partial charge in [-0.3, -0.25) is 29.4 Å². The van der Waals surface area contributed by atoms with Gasteiger partial charge >= 0.3 is 0 Å². The highest BCUT2D eigenvalue weighted by atomic mass is 16.5. The minimum Gasteiger partial charge on any atom is -0.372 e. The minimum absolute atomic E-state index is 0.0770. The fraction of sp³-hybridized carbons (Fsp3) is 0.381. The summed E-state index contributed by atoms with van der Waals surface area (Å²) in [7, 11) is 0. The smallest absolute Gasteiger partial charge is 0.262 e. The standard InChI is InChI=1S/C42H42N6O6/c1-25-7-8-28(37-26(2)45-54-27(37)3)21-35(25)47(30-11-9-29(10-12-30)42(43-5)17-18-42)19-6-20-53-41(4)23-46(24-41)31-13-14-32-33(22-31)40(52)48(39(32)51)34-15-16-36(49)44-38(34)50/h7-14,21-22,34H,6,15-20,23-24H2,1-4H3,(H,44,49,50). The molecule has 3 aromatic carbocycles. The van der Waals surface area contributed by atoms with Gasteiger partial charge in [-0.15, -0.1) is 0 Å². The Morgan fingerprint density at radius 3 is 2.39 bits per heavy atom. The van der Waals surface area contributed by atoms with Gasteiger partial charge in [0.2, 0.25) is 11.8 Å². The van der Waals surface area contributed by atoms with Crippen LogP contribution < -0.4 is 15.1 Å². The van der Waals surface area contributed by atoms with Crippen LogP contribution in [0.15, 0.2) is 65.2 Å². The molecule has 3 aliphatic heterocycles. The van der Waals surface area contributed by atoms with Crippen LogP contribution in [0.4, 0.5) is 17.1 Å². The summed E-state index contributed by atoms with van der Waals surface area (Å²) in [4.78, 5) is 59.9. The normalized spacial score (nSPS) is 19.6. The van der Waals surface area contributed by atoms with E-state index >= 15 is 0 Å². The molecule has 0 spiro atoms. The highest BCUT2D eigenvalue weighted by Gasteiger charge is 2.52. The van der Waals surface area contributed by atoms with Crippen LogP contribution in [0, 0.1) is 27.3 Å².